The van der Waals surface area contributed by atoms with Gasteiger partial charge in [-0.3, -0.25) is 9.69 Å². The van der Waals surface area contributed by atoms with Gasteiger partial charge in [-0.1, -0.05) is 32.9 Å². The van der Waals surface area contributed by atoms with E-state index in [0.717, 1.165) is 6.42 Å². The Balaban J connectivity index is 2.87. The SMILES string of the molecule is C[C@H](Cc1ccc(O)cc1)N(CC(=O)C(C)(C)C)C(C)(C)C. The summed E-state index contributed by atoms with van der Waals surface area (Å²) in [6.07, 6.45) is 0.856. The molecule has 0 saturated heterocycles. The van der Waals surface area contributed by atoms with Gasteiger partial charge in [0.2, 0.25) is 0 Å². The summed E-state index contributed by atoms with van der Waals surface area (Å²) in [6, 6.07) is 7.56. The maximum atomic E-state index is 12.4. The molecular weight excluding hydrogens is 274 g/mol. The average Bonchev–Trinajstić information content (AvgIpc) is 2.35. The molecule has 0 radical (unpaired) electrons. The number of rotatable bonds is 5. The number of phenols is 1. The number of Topliss-reactive ketones (excluding diaryl/α,β-unsaturated/α-hetero) is 1. The molecule has 1 rings (SSSR count). The van der Waals surface area contributed by atoms with Crippen LogP contribution in [0, 0.1) is 5.41 Å². The van der Waals surface area contributed by atoms with Gasteiger partial charge in [-0.05, 0) is 51.8 Å². The lowest BCUT2D eigenvalue weighted by Crippen LogP contribution is -2.51. The average molecular weight is 305 g/mol. The molecule has 0 aliphatic carbocycles. The Hall–Kier alpha value is -1.35. The smallest absolute Gasteiger partial charge is 0.152 e. The first-order valence-corrected chi connectivity index (χ1v) is 7.99. The maximum Gasteiger partial charge on any atom is 0.152 e. The fraction of sp³-hybridized carbons (Fsp3) is 0.632. The van der Waals surface area contributed by atoms with Crippen molar-refractivity contribution in [3.8, 4) is 5.75 Å². The van der Waals surface area contributed by atoms with Crippen molar-refractivity contribution in [3.05, 3.63) is 29.8 Å². The highest BCUT2D eigenvalue weighted by Crippen LogP contribution is 2.23. The van der Waals surface area contributed by atoms with Crippen LogP contribution in [0.5, 0.6) is 5.75 Å². The molecule has 3 nitrogen and oxygen atoms in total. The van der Waals surface area contributed by atoms with E-state index >= 15 is 0 Å². The zero-order valence-corrected chi connectivity index (χ0v) is 15.1. The molecule has 0 amide bonds. The van der Waals surface area contributed by atoms with Crippen molar-refractivity contribution in [2.45, 2.75) is 66.5 Å². The molecule has 0 fully saturated rings. The highest BCUT2D eigenvalue weighted by atomic mass is 16.3. The van der Waals surface area contributed by atoms with Crippen LogP contribution in [-0.4, -0.2) is 33.9 Å². The van der Waals surface area contributed by atoms with E-state index < -0.39 is 0 Å². The lowest BCUT2D eigenvalue weighted by Gasteiger charge is -2.41. The van der Waals surface area contributed by atoms with Gasteiger partial charge in [-0.25, -0.2) is 0 Å². The molecule has 0 heterocycles. The van der Waals surface area contributed by atoms with E-state index in [1.54, 1.807) is 12.1 Å². The molecule has 0 aliphatic heterocycles. The van der Waals surface area contributed by atoms with Gasteiger partial charge >= 0.3 is 0 Å². The second-order valence-corrected chi connectivity index (χ2v) is 8.19. The van der Waals surface area contributed by atoms with Crippen molar-refractivity contribution in [3.63, 3.8) is 0 Å². The normalized spacial score (nSPS) is 14.2. The largest absolute Gasteiger partial charge is 0.508 e. The molecule has 0 spiro atoms. The van der Waals surface area contributed by atoms with Crippen LogP contribution >= 0.6 is 0 Å². The van der Waals surface area contributed by atoms with Crippen LogP contribution in [0.2, 0.25) is 0 Å². The molecule has 0 bridgehead atoms. The number of carbonyl (C=O) groups excluding carboxylic acids is 1. The van der Waals surface area contributed by atoms with Crippen LogP contribution < -0.4 is 0 Å². The van der Waals surface area contributed by atoms with Crippen LogP contribution in [0.25, 0.3) is 0 Å². The summed E-state index contributed by atoms with van der Waals surface area (Å²) in [5.74, 6) is 0.548. The first-order valence-electron chi connectivity index (χ1n) is 7.99. The van der Waals surface area contributed by atoms with Gasteiger partial charge in [-0.15, -0.1) is 0 Å². The topological polar surface area (TPSA) is 40.5 Å². The van der Waals surface area contributed by atoms with Crippen molar-refractivity contribution in [1.29, 1.82) is 0 Å². The Morgan fingerprint density at radius 2 is 1.59 bits per heavy atom. The van der Waals surface area contributed by atoms with Crippen molar-refractivity contribution in [1.82, 2.24) is 4.90 Å². The second-order valence-electron chi connectivity index (χ2n) is 8.19. The van der Waals surface area contributed by atoms with Gasteiger partial charge in [0, 0.05) is 17.0 Å². The zero-order chi connectivity index (χ0) is 17.1. The molecule has 0 unspecified atom stereocenters. The minimum absolute atomic E-state index is 0.0722. The zero-order valence-electron chi connectivity index (χ0n) is 15.1. The predicted molar refractivity (Wildman–Crippen MR) is 92.2 cm³/mol. The summed E-state index contributed by atoms with van der Waals surface area (Å²) in [6.45, 7) is 15.0. The first-order chi connectivity index (χ1) is 9.91. The van der Waals surface area contributed by atoms with E-state index in [-0.39, 0.29) is 28.5 Å². The third-order valence-electron chi connectivity index (χ3n) is 4.01. The van der Waals surface area contributed by atoms with Crippen molar-refractivity contribution in [2.24, 2.45) is 5.41 Å². The Morgan fingerprint density at radius 1 is 1.09 bits per heavy atom. The minimum Gasteiger partial charge on any atom is -0.508 e. The van der Waals surface area contributed by atoms with Gasteiger partial charge in [0.15, 0.2) is 5.78 Å². The van der Waals surface area contributed by atoms with Crippen LogP contribution in [-0.2, 0) is 11.2 Å². The van der Waals surface area contributed by atoms with E-state index in [2.05, 4.69) is 32.6 Å². The molecule has 0 aromatic heterocycles. The number of aromatic hydroxyl groups is 1. The molecule has 22 heavy (non-hydrogen) atoms. The minimum atomic E-state index is -0.318. The number of hydrogen-bond donors (Lipinski definition) is 1. The van der Waals surface area contributed by atoms with E-state index in [4.69, 9.17) is 0 Å². The van der Waals surface area contributed by atoms with Crippen molar-refractivity contribution >= 4 is 5.78 Å². The summed E-state index contributed by atoms with van der Waals surface area (Å²) in [5.41, 5.74) is 0.779. The maximum absolute atomic E-state index is 12.4. The quantitative estimate of drug-likeness (QED) is 0.892. The van der Waals surface area contributed by atoms with Crippen molar-refractivity contribution < 1.29 is 9.90 Å². The Morgan fingerprint density at radius 3 is 2.00 bits per heavy atom. The highest BCUT2D eigenvalue weighted by Gasteiger charge is 2.31. The molecular formula is C19H31NO2. The van der Waals surface area contributed by atoms with Crippen LogP contribution in [0.15, 0.2) is 24.3 Å². The number of carbonyl (C=O) groups is 1. The molecule has 3 heteroatoms. The number of nitrogens with zero attached hydrogens (tertiary/aromatic N) is 1. The molecule has 124 valence electrons. The van der Waals surface area contributed by atoms with Crippen molar-refractivity contribution in [2.75, 3.05) is 6.54 Å². The Kier molecular flexibility index (Phi) is 5.80. The van der Waals surface area contributed by atoms with Gasteiger partial charge in [-0.2, -0.15) is 0 Å². The second kappa shape index (κ2) is 6.82. The van der Waals surface area contributed by atoms with Crippen LogP contribution in [0.3, 0.4) is 0 Å². The number of phenolic OH excluding ortho intramolecular Hbond substituents is 1. The summed E-state index contributed by atoms with van der Waals surface area (Å²) in [5, 5.41) is 9.38. The summed E-state index contributed by atoms with van der Waals surface area (Å²) >= 11 is 0. The molecule has 1 aromatic rings. The standard InChI is InChI=1S/C19H31NO2/c1-14(12-15-8-10-16(21)11-9-15)20(19(5,6)7)13-17(22)18(2,3)4/h8-11,14,21H,12-13H2,1-7H3/t14-/m1/s1. The van der Waals surface area contributed by atoms with Crippen LogP contribution in [0.1, 0.15) is 54.0 Å². The molecule has 0 aliphatic rings. The number of benzene rings is 1. The fourth-order valence-corrected chi connectivity index (χ4v) is 2.53. The lowest BCUT2D eigenvalue weighted by atomic mass is 9.88. The summed E-state index contributed by atoms with van der Waals surface area (Å²) in [7, 11) is 0. The summed E-state index contributed by atoms with van der Waals surface area (Å²) in [4.78, 5) is 14.7. The Bertz CT molecular complexity index is 492. The first kappa shape index (κ1) is 18.7. The van der Waals surface area contributed by atoms with Gasteiger partial charge in [0.1, 0.15) is 5.75 Å². The third kappa shape index (κ3) is 5.45. The molecule has 1 atom stereocenters. The van der Waals surface area contributed by atoms with Gasteiger partial charge < -0.3 is 5.11 Å². The van der Waals surface area contributed by atoms with E-state index in [1.807, 2.05) is 32.9 Å². The van der Waals surface area contributed by atoms with E-state index in [9.17, 15) is 9.90 Å². The monoisotopic (exact) mass is 305 g/mol. The lowest BCUT2D eigenvalue weighted by molar-refractivity contribution is -0.129. The van der Waals surface area contributed by atoms with Crippen LogP contribution in [0.4, 0.5) is 0 Å². The number of hydrogen-bond acceptors (Lipinski definition) is 3. The van der Waals surface area contributed by atoms with Gasteiger partial charge in [0.25, 0.3) is 0 Å². The Labute approximate surface area is 135 Å². The highest BCUT2D eigenvalue weighted by molar-refractivity contribution is 5.85. The molecule has 1 aromatic carbocycles. The predicted octanol–water partition coefficient (Wildman–Crippen LogP) is 4.04. The molecule has 1 N–H and O–H groups in total. The van der Waals surface area contributed by atoms with E-state index in [1.165, 1.54) is 5.56 Å². The number of ketones is 1. The van der Waals surface area contributed by atoms with E-state index in [0.29, 0.717) is 6.54 Å². The molecule has 0 saturated carbocycles. The fourth-order valence-electron chi connectivity index (χ4n) is 2.53. The summed E-state index contributed by atoms with van der Waals surface area (Å²) < 4.78 is 0. The van der Waals surface area contributed by atoms with Gasteiger partial charge in [0.05, 0.1) is 6.54 Å². The third-order valence-corrected chi connectivity index (χ3v) is 4.01.